The predicted molar refractivity (Wildman–Crippen MR) is 55.6 cm³/mol. The van der Waals surface area contributed by atoms with E-state index >= 15 is 0 Å². The van der Waals surface area contributed by atoms with E-state index in [1.165, 1.54) is 7.11 Å². The van der Waals surface area contributed by atoms with Crippen LogP contribution in [0, 0.1) is 0 Å². The van der Waals surface area contributed by atoms with Gasteiger partial charge in [0.05, 0.1) is 12.2 Å². The summed E-state index contributed by atoms with van der Waals surface area (Å²) >= 11 is 0. The number of carbonyl (C=O) groups excluding carboxylic acids is 2. The molecule has 0 saturated heterocycles. The quantitative estimate of drug-likeness (QED) is 0.422. The van der Waals surface area contributed by atoms with E-state index in [-0.39, 0.29) is 27.7 Å². The fraction of sp³-hybridized carbons (Fsp3) is 0.500. The zero-order chi connectivity index (χ0) is 11.7. The number of esters is 1. The third kappa shape index (κ3) is 6.88. The van der Waals surface area contributed by atoms with Crippen LogP contribution in [0.3, 0.4) is 0 Å². The zero-order valence-corrected chi connectivity index (χ0v) is 9.66. The minimum Gasteiger partial charge on any atom is -0.463 e. The summed E-state index contributed by atoms with van der Waals surface area (Å²) in [5.74, 6) is -0.570. The first kappa shape index (κ1) is 13.9. The molecule has 0 aliphatic rings. The molecule has 15 heavy (non-hydrogen) atoms. The van der Waals surface area contributed by atoms with Gasteiger partial charge < -0.3 is 14.0 Å². The lowest BCUT2D eigenvalue weighted by molar-refractivity contribution is -0.138. The van der Waals surface area contributed by atoms with Crippen LogP contribution in [0.25, 0.3) is 0 Å². The molecule has 0 radical (unpaired) electrons. The van der Waals surface area contributed by atoms with Gasteiger partial charge in [0, 0.05) is 7.11 Å². The molecule has 1 N–H and O–H groups in total. The highest BCUT2D eigenvalue weighted by Crippen LogP contribution is 2.03. The molecule has 0 saturated carbocycles. The Labute approximate surface area is 89.9 Å². The largest absolute Gasteiger partial charge is 0.463 e. The van der Waals surface area contributed by atoms with Gasteiger partial charge >= 0.3 is 12.1 Å². The molecule has 1 atom stereocenters. The molecule has 0 aliphatic carbocycles. The van der Waals surface area contributed by atoms with Crippen LogP contribution in [-0.4, -0.2) is 32.4 Å². The summed E-state index contributed by atoms with van der Waals surface area (Å²) in [6.07, 6.45) is -0.666. The van der Waals surface area contributed by atoms with Crippen molar-refractivity contribution in [2.45, 2.75) is 6.92 Å². The van der Waals surface area contributed by atoms with E-state index in [1.54, 1.807) is 6.92 Å². The van der Waals surface area contributed by atoms with Crippen LogP contribution in [0.5, 0.6) is 0 Å². The van der Waals surface area contributed by atoms with Crippen LogP contribution >= 0.6 is 8.96 Å². The Hall–Kier alpha value is -1.13. The van der Waals surface area contributed by atoms with Crippen LogP contribution < -0.4 is 5.09 Å². The highest BCUT2D eigenvalue weighted by Gasteiger charge is 2.10. The number of hydrogen-bond donors (Lipinski definition) is 1. The number of hydrogen-bond acceptors (Lipinski definition) is 5. The number of amides is 1. The van der Waals surface area contributed by atoms with E-state index in [0.717, 1.165) is 0 Å². The number of carbonyl (C=O) groups is 2. The van der Waals surface area contributed by atoms with Gasteiger partial charge in [0.15, 0.2) is 0 Å². The Kier molecular flexibility index (Phi) is 7.58. The van der Waals surface area contributed by atoms with Crippen molar-refractivity contribution in [3.8, 4) is 0 Å². The van der Waals surface area contributed by atoms with Crippen molar-refractivity contribution in [1.82, 2.24) is 5.09 Å². The summed E-state index contributed by atoms with van der Waals surface area (Å²) in [6.45, 7) is 5.16. The molecule has 1 unspecified atom stereocenters. The van der Waals surface area contributed by atoms with Crippen molar-refractivity contribution < 1.29 is 23.6 Å². The molecule has 0 aromatic rings. The Bertz CT molecular complexity index is 243. The van der Waals surface area contributed by atoms with E-state index in [1.807, 2.05) is 0 Å². The normalized spacial score (nSPS) is 10.0. The van der Waals surface area contributed by atoms with E-state index in [4.69, 9.17) is 0 Å². The predicted octanol–water partition coefficient (Wildman–Crippen LogP) is 0.987. The van der Waals surface area contributed by atoms with Crippen molar-refractivity contribution in [3.05, 3.63) is 12.2 Å². The van der Waals surface area contributed by atoms with Crippen LogP contribution in [0.1, 0.15) is 6.92 Å². The van der Waals surface area contributed by atoms with Crippen molar-refractivity contribution in [1.29, 1.82) is 0 Å². The fourth-order valence-corrected chi connectivity index (χ4v) is 0.831. The Morgan fingerprint density at radius 2 is 2.07 bits per heavy atom. The highest BCUT2D eigenvalue weighted by atomic mass is 31.1. The van der Waals surface area contributed by atoms with E-state index in [2.05, 4.69) is 25.7 Å². The summed E-state index contributed by atoms with van der Waals surface area (Å²) in [5, 5.41) is 2.31. The maximum absolute atomic E-state index is 11.0. The second kappa shape index (κ2) is 8.20. The second-order valence-corrected chi connectivity index (χ2v) is 3.19. The standard InChI is InChI=1S/C8H14NO5P/c1-4-13-7(10)6(2)5-14-8(11)9-15-12-3/h15H,2,4-5H2,1,3H3,(H,9,11). The van der Waals surface area contributed by atoms with Crippen molar-refractivity contribution >= 4 is 21.0 Å². The third-order valence-corrected chi connectivity index (χ3v) is 1.71. The zero-order valence-electron chi connectivity index (χ0n) is 8.66. The smallest absolute Gasteiger partial charge is 0.412 e. The Morgan fingerprint density at radius 1 is 1.40 bits per heavy atom. The minimum absolute atomic E-state index is 0.0905. The molecule has 0 rings (SSSR count). The first-order chi connectivity index (χ1) is 7.11. The third-order valence-electron chi connectivity index (χ3n) is 1.20. The van der Waals surface area contributed by atoms with E-state index < -0.39 is 12.1 Å². The summed E-state index contributed by atoms with van der Waals surface area (Å²) in [6, 6.07) is 0. The minimum atomic E-state index is -0.666. The van der Waals surface area contributed by atoms with Gasteiger partial charge in [0.25, 0.3) is 0 Å². The molecule has 0 fully saturated rings. The molecule has 7 heteroatoms. The van der Waals surface area contributed by atoms with Crippen LogP contribution in [0.15, 0.2) is 12.2 Å². The van der Waals surface area contributed by atoms with Gasteiger partial charge in [0.2, 0.25) is 0 Å². The molecular formula is C8H14NO5P. The summed E-state index contributed by atoms with van der Waals surface area (Å²) in [5.41, 5.74) is 0.0905. The van der Waals surface area contributed by atoms with Gasteiger partial charge in [-0.25, -0.2) is 9.59 Å². The van der Waals surface area contributed by atoms with Gasteiger partial charge in [0.1, 0.15) is 15.6 Å². The number of ether oxygens (including phenoxy) is 2. The topological polar surface area (TPSA) is 73.9 Å². The molecule has 0 spiro atoms. The lowest BCUT2D eigenvalue weighted by Crippen LogP contribution is -2.20. The van der Waals surface area contributed by atoms with E-state index in [9.17, 15) is 9.59 Å². The summed E-state index contributed by atoms with van der Waals surface area (Å²) in [4.78, 5) is 21.9. The summed E-state index contributed by atoms with van der Waals surface area (Å²) < 4.78 is 13.9. The molecular weight excluding hydrogens is 221 g/mol. The average Bonchev–Trinajstić information content (AvgIpc) is 2.23. The maximum atomic E-state index is 11.0. The van der Waals surface area contributed by atoms with E-state index in [0.29, 0.717) is 0 Å². The van der Waals surface area contributed by atoms with Gasteiger partial charge in [-0.1, -0.05) is 6.58 Å². The molecule has 86 valence electrons. The maximum Gasteiger partial charge on any atom is 0.412 e. The number of rotatable bonds is 6. The van der Waals surface area contributed by atoms with Crippen LogP contribution in [0.2, 0.25) is 0 Å². The van der Waals surface area contributed by atoms with Gasteiger partial charge in [-0.15, -0.1) is 0 Å². The first-order valence-electron chi connectivity index (χ1n) is 4.17. The van der Waals surface area contributed by atoms with Crippen LogP contribution in [-0.2, 0) is 18.8 Å². The first-order valence-corrected chi connectivity index (χ1v) is 5.08. The summed E-state index contributed by atoms with van der Waals surface area (Å²) in [7, 11) is 1.26. The lowest BCUT2D eigenvalue weighted by Gasteiger charge is -2.07. The Balaban J connectivity index is 3.70. The van der Waals surface area contributed by atoms with Gasteiger partial charge in [-0.3, -0.25) is 5.09 Å². The van der Waals surface area contributed by atoms with Crippen molar-refractivity contribution in [2.75, 3.05) is 20.3 Å². The average molecular weight is 235 g/mol. The van der Waals surface area contributed by atoms with Crippen LogP contribution in [0.4, 0.5) is 4.79 Å². The Morgan fingerprint density at radius 3 is 2.60 bits per heavy atom. The van der Waals surface area contributed by atoms with Gasteiger partial charge in [-0.05, 0) is 6.92 Å². The molecule has 0 aliphatic heterocycles. The fourth-order valence-electron chi connectivity index (χ4n) is 0.574. The highest BCUT2D eigenvalue weighted by molar-refractivity contribution is 7.30. The molecule has 0 heterocycles. The van der Waals surface area contributed by atoms with Crippen molar-refractivity contribution in [2.24, 2.45) is 0 Å². The molecule has 0 aromatic carbocycles. The molecule has 6 nitrogen and oxygen atoms in total. The van der Waals surface area contributed by atoms with Gasteiger partial charge in [-0.2, -0.15) is 0 Å². The SMILES string of the molecule is C=C(COC(=O)NPOC)C(=O)OCC. The van der Waals surface area contributed by atoms with Crippen molar-refractivity contribution in [3.63, 3.8) is 0 Å². The molecule has 0 bridgehead atoms. The monoisotopic (exact) mass is 235 g/mol. The lowest BCUT2D eigenvalue weighted by atomic mass is 10.3. The molecule has 0 aromatic heterocycles. The molecule has 1 amide bonds. The number of nitrogens with one attached hydrogen (secondary N) is 1. The second-order valence-electron chi connectivity index (χ2n) is 2.33.